The van der Waals surface area contributed by atoms with E-state index in [-0.39, 0.29) is 10.8 Å². The van der Waals surface area contributed by atoms with Crippen molar-refractivity contribution in [3.05, 3.63) is 64.9 Å². The minimum atomic E-state index is -0.389. The fourth-order valence-corrected chi connectivity index (χ4v) is 1.98. The van der Waals surface area contributed by atoms with Gasteiger partial charge in [-0.3, -0.25) is 0 Å². The summed E-state index contributed by atoms with van der Waals surface area (Å²) in [6.45, 7) is 2.77. The van der Waals surface area contributed by atoms with E-state index in [1.165, 1.54) is 5.56 Å². The summed E-state index contributed by atoms with van der Waals surface area (Å²) in [5, 5.41) is 3.24. The number of hydrogen-bond acceptors (Lipinski definition) is 1. The van der Waals surface area contributed by atoms with Crippen molar-refractivity contribution in [1.29, 1.82) is 0 Å². The number of halogens is 2. The highest BCUT2D eigenvalue weighted by Crippen LogP contribution is 2.23. The van der Waals surface area contributed by atoms with Gasteiger partial charge in [-0.15, -0.1) is 0 Å². The van der Waals surface area contributed by atoms with Crippen LogP contribution in [0.25, 0.3) is 0 Å². The molecule has 1 N–H and O–H groups in total. The van der Waals surface area contributed by atoms with Crippen molar-refractivity contribution in [2.75, 3.05) is 11.9 Å². The van der Waals surface area contributed by atoms with Crippen molar-refractivity contribution in [3.8, 4) is 0 Å². The van der Waals surface area contributed by atoms with Crippen LogP contribution in [0.3, 0.4) is 0 Å². The maximum atomic E-state index is 13.7. The Bertz CT molecular complexity index is 513. The highest BCUT2D eigenvalue weighted by molar-refractivity contribution is 6.31. The van der Waals surface area contributed by atoms with Gasteiger partial charge < -0.3 is 5.32 Å². The summed E-state index contributed by atoms with van der Waals surface area (Å²) in [6.07, 6.45) is 0. The van der Waals surface area contributed by atoms with Gasteiger partial charge in [-0.2, -0.15) is 0 Å². The topological polar surface area (TPSA) is 12.0 Å². The van der Waals surface area contributed by atoms with Gasteiger partial charge >= 0.3 is 0 Å². The molecule has 2 aromatic carbocycles. The molecule has 0 saturated carbocycles. The van der Waals surface area contributed by atoms with Crippen molar-refractivity contribution in [2.24, 2.45) is 0 Å². The van der Waals surface area contributed by atoms with Crippen molar-refractivity contribution >= 4 is 17.3 Å². The second kappa shape index (κ2) is 5.87. The summed E-state index contributed by atoms with van der Waals surface area (Å²) in [5.74, 6) is -0.0796. The van der Waals surface area contributed by atoms with Crippen LogP contribution in [0.5, 0.6) is 0 Å². The van der Waals surface area contributed by atoms with Crippen LogP contribution in [0.1, 0.15) is 18.4 Å². The average molecular weight is 264 g/mol. The largest absolute Gasteiger partial charge is 0.382 e. The van der Waals surface area contributed by atoms with Gasteiger partial charge in [0.2, 0.25) is 0 Å². The second-order valence-electron chi connectivity index (χ2n) is 4.29. The predicted octanol–water partition coefficient (Wildman–Crippen LogP) is 4.69. The summed E-state index contributed by atoms with van der Waals surface area (Å²) in [6, 6.07) is 15.1. The number of anilines is 1. The Hall–Kier alpha value is -1.54. The zero-order chi connectivity index (χ0) is 13.0. The third kappa shape index (κ3) is 3.02. The van der Waals surface area contributed by atoms with Crippen LogP contribution < -0.4 is 5.32 Å². The molecule has 18 heavy (non-hydrogen) atoms. The van der Waals surface area contributed by atoms with Crippen molar-refractivity contribution in [3.63, 3.8) is 0 Å². The first-order valence-electron chi connectivity index (χ1n) is 5.91. The summed E-state index contributed by atoms with van der Waals surface area (Å²) in [4.78, 5) is 0. The van der Waals surface area contributed by atoms with Crippen LogP contribution in [0.2, 0.25) is 5.02 Å². The fourth-order valence-electron chi connectivity index (χ4n) is 1.80. The smallest absolute Gasteiger partial charge is 0.164 e. The van der Waals surface area contributed by atoms with Gasteiger partial charge in [0, 0.05) is 6.54 Å². The zero-order valence-corrected chi connectivity index (χ0v) is 10.9. The van der Waals surface area contributed by atoms with Gasteiger partial charge in [0.15, 0.2) is 5.82 Å². The van der Waals surface area contributed by atoms with Crippen LogP contribution in [0, 0.1) is 5.82 Å². The molecule has 0 fully saturated rings. The number of nitrogens with one attached hydrogen (secondary N) is 1. The highest BCUT2D eigenvalue weighted by atomic mass is 35.5. The van der Waals surface area contributed by atoms with Gasteiger partial charge in [0.1, 0.15) is 0 Å². The van der Waals surface area contributed by atoms with Crippen molar-refractivity contribution in [1.82, 2.24) is 0 Å². The van der Waals surface area contributed by atoms with E-state index in [0.717, 1.165) is 0 Å². The molecule has 1 unspecified atom stereocenters. The summed E-state index contributed by atoms with van der Waals surface area (Å²) >= 11 is 5.73. The Morgan fingerprint density at radius 1 is 1.11 bits per heavy atom. The zero-order valence-electron chi connectivity index (χ0n) is 10.2. The minimum absolute atomic E-state index is 0.146. The molecule has 0 aliphatic heterocycles. The second-order valence-corrected chi connectivity index (χ2v) is 4.70. The summed E-state index contributed by atoms with van der Waals surface area (Å²) < 4.78 is 13.7. The number of hydrogen-bond donors (Lipinski definition) is 1. The molecule has 0 aliphatic carbocycles. The Morgan fingerprint density at radius 2 is 1.83 bits per heavy atom. The standard InChI is InChI=1S/C15H15ClFN/c1-11(12-6-3-2-4-7-12)10-18-14-9-5-8-13(16)15(14)17/h2-9,11,18H,10H2,1H3. The average Bonchev–Trinajstić information content (AvgIpc) is 2.41. The molecule has 0 aliphatic rings. The van der Waals surface area contributed by atoms with E-state index in [9.17, 15) is 4.39 Å². The molecule has 1 nitrogen and oxygen atoms in total. The lowest BCUT2D eigenvalue weighted by Crippen LogP contribution is -2.10. The Kier molecular flexibility index (Phi) is 4.21. The molecular weight excluding hydrogens is 249 g/mol. The molecule has 2 aromatic rings. The molecule has 0 spiro atoms. The highest BCUT2D eigenvalue weighted by Gasteiger charge is 2.08. The SMILES string of the molecule is CC(CNc1cccc(Cl)c1F)c1ccccc1. The first-order valence-corrected chi connectivity index (χ1v) is 6.29. The third-order valence-electron chi connectivity index (χ3n) is 2.92. The van der Waals surface area contributed by atoms with Gasteiger partial charge in [-0.05, 0) is 23.6 Å². The molecule has 0 heterocycles. The normalized spacial score (nSPS) is 12.2. The van der Waals surface area contributed by atoms with E-state index in [0.29, 0.717) is 18.2 Å². The molecule has 0 amide bonds. The van der Waals surface area contributed by atoms with E-state index < -0.39 is 0 Å². The first kappa shape index (κ1) is 12.9. The van der Waals surface area contributed by atoms with Crippen LogP contribution in [-0.2, 0) is 0 Å². The molecular formula is C15H15ClFN. The monoisotopic (exact) mass is 263 g/mol. The predicted molar refractivity (Wildman–Crippen MR) is 74.8 cm³/mol. The molecule has 0 saturated heterocycles. The Morgan fingerprint density at radius 3 is 2.56 bits per heavy atom. The molecule has 0 bridgehead atoms. The van der Waals surface area contributed by atoms with Gasteiger partial charge in [0.25, 0.3) is 0 Å². The molecule has 94 valence electrons. The van der Waals surface area contributed by atoms with E-state index in [1.54, 1.807) is 18.2 Å². The van der Waals surface area contributed by atoms with Crippen LogP contribution in [-0.4, -0.2) is 6.54 Å². The molecule has 0 radical (unpaired) electrons. The number of benzene rings is 2. The number of rotatable bonds is 4. The minimum Gasteiger partial charge on any atom is -0.382 e. The third-order valence-corrected chi connectivity index (χ3v) is 3.21. The fraction of sp³-hybridized carbons (Fsp3) is 0.200. The van der Waals surface area contributed by atoms with Crippen molar-refractivity contribution < 1.29 is 4.39 Å². The molecule has 2 rings (SSSR count). The maximum Gasteiger partial charge on any atom is 0.164 e. The van der Waals surface area contributed by atoms with Gasteiger partial charge in [-0.25, -0.2) is 4.39 Å². The van der Waals surface area contributed by atoms with E-state index in [2.05, 4.69) is 24.4 Å². The molecule has 1 atom stereocenters. The quantitative estimate of drug-likeness (QED) is 0.843. The van der Waals surface area contributed by atoms with Crippen LogP contribution >= 0.6 is 11.6 Å². The van der Waals surface area contributed by atoms with Crippen molar-refractivity contribution in [2.45, 2.75) is 12.8 Å². The first-order chi connectivity index (χ1) is 8.68. The summed E-state index contributed by atoms with van der Waals surface area (Å²) in [5.41, 5.74) is 1.68. The van der Waals surface area contributed by atoms with Gasteiger partial charge in [0.05, 0.1) is 10.7 Å². The maximum absolute atomic E-state index is 13.7. The lowest BCUT2D eigenvalue weighted by atomic mass is 10.0. The van der Waals surface area contributed by atoms with Crippen LogP contribution in [0.4, 0.5) is 10.1 Å². The summed E-state index contributed by atoms with van der Waals surface area (Å²) in [7, 11) is 0. The Labute approximate surface area is 112 Å². The lowest BCUT2D eigenvalue weighted by Gasteiger charge is -2.14. The lowest BCUT2D eigenvalue weighted by molar-refractivity contribution is 0.629. The molecule has 3 heteroatoms. The van der Waals surface area contributed by atoms with Gasteiger partial charge in [-0.1, -0.05) is 54.9 Å². The van der Waals surface area contributed by atoms with E-state index in [1.807, 2.05) is 18.2 Å². The van der Waals surface area contributed by atoms with Crippen LogP contribution in [0.15, 0.2) is 48.5 Å². The van der Waals surface area contributed by atoms with E-state index >= 15 is 0 Å². The Balaban J connectivity index is 2.02. The molecule has 0 aromatic heterocycles. The van der Waals surface area contributed by atoms with E-state index in [4.69, 9.17) is 11.6 Å².